The topological polar surface area (TPSA) is 67.4 Å². The van der Waals surface area contributed by atoms with Crippen molar-refractivity contribution in [2.24, 2.45) is 5.41 Å². The molecule has 0 rings (SSSR count). The predicted octanol–water partition coefficient (Wildman–Crippen LogP) is 1.21. The van der Waals surface area contributed by atoms with E-state index in [1.165, 1.54) is 0 Å². The highest BCUT2D eigenvalue weighted by Gasteiger charge is 2.42. The Morgan fingerprint density at radius 2 is 1.79 bits per heavy atom. The highest BCUT2D eigenvalue weighted by Crippen LogP contribution is 2.36. The van der Waals surface area contributed by atoms with E-state index in [1.54, 1.807) is 0 Å². The Hall–Kier alpha value is -1.04. The van der Waals surface area contributed by atoms with Gasteiger partial charge in [-0.2, -0.15) is 0 Å². The lowest BCUT2D eigenvalue weighted by atomic mass is 9.72. The van der Waals surface area contributed by atoms with E-state index in [1.807, 2.05) is 41.5 Å². The molecule has 0 aromatic heterocycles. The van der Waals surface area contributed by atoms with Crippen LogP contribution in [0.25, 0.3) is 0 Å². The molecule has 0 aromatic carbocycles. The minimum atomic E-state index is -0.711. The molecule has 1 unspecified atom stereocenters. The molecular weight excluding hydrogens is 243 g/mol. The molecule has 0 heterocycles. The largest absolute Gasteiger partial charge is 0.375 e. The molecule has 108 valence electrons. The molecule has 6 heteroatoms. The summed E-state index contributed by atoms with van der Waals surface area (Å²) in [5, 5.41) is 5.11. The highest BCUT2D eigenvalue weighted by molar-refractivity contribution is 6.57. The molecule has 0 aromatic rings. The first kappa shape index (κ1) is 18.0. The zero-order valence-corrected chi connectivity index (χ0v) is 12.8. The summed E-state index contributed by atoms with van der Waals surface area (Å²) in [5.74, 6) is -0.983. The SMILES string of the molecule is [B]C(=O)NCC(=O)NC(C)C(C)(C)C(C)(C)OCC. The van der Waals surface area contributed by atoms with Gasteiger partial charge in [0.25, 0.3) is 0 Å². The van der Waals surface area contributed by atoms with Crippen LogP contribution in [-0.4, -0.2) is 44.4 Å². The van der Waals surface area contributed by atoms with Gasteiger partial charge in [0, 0.05) is 18.1 Å². The normalized spacial score (nSPS) is 13.8. The second kappa shape index (κ2) is 6.94. The van der Waals surface area contributed by atoms with Crippen molar-refractivity contribution in [1.29, 1.82) is 0 Å². The molecule has 5 nitrogen and oxygen atoms in total. The van der Waals surface area contributed by atoms with Crippen LogP contribution in [0.15, 0.2) is 0 Å². The van der Waals surface area contributed by atoms with E-state index < -0.39 is 5.81 Å². The molecule has 0 spiro atoms. The van der Waals surface area contributed by atoms with Crippen LogP contribution in [-0.2, 0) is 9.53 Å². The molecule has 0 bridgehead atoms. The van der Waals surface area contributed by atoms with Crippen LogP contribution in [0.3, 0.4) is 0 Å². The molecule has 0 aliphatic carbocycles. The molecule has 0 aliphatic rings. The van der Waals surface area contributed by atoms with Crippen molar-refractivity contribution in [2.75, 3.05) is 13.2 Å². The van der Waals surface area contributed by atoms with Gasteiger partial charge in [-0.15, -0.1) is 0 Å². The van der Waals surface area contributed by atoms with E-state index in [4.69, 9.17) is 12.6 Å². The fourth-order valence-electron chi connectivity index (χ4n) is 1.71. The van der Waals surface area contributed by atoms with Crippen LogP contribution in [0.4, 0.5) is 4.79 Å². The summed E-state index contributed by atoms with van der Waals surface area (Å²) in [5.41, 5.74) is -0.656. The number of rotatable bonds is 7. The molecular formula is C13H25BN2O3. The van der Waals surface area contributed by atoms with Crippen LogP contribution in [0, 0.1) is 5.41 Å². The summed E-state index contributed by atoms with van der Waals surface area (Å²) in [6, 6.07) is -0.115. The number of carbonyl (C=O) groups excluding carboxylic acids is 2. The van der Waals surface area contributed by atoms with Gasteiger partial charge in [0.05, 0.1) is 12.1 Å². The van der Waals surface area contributed by atoms with Gasteiger partial charge in [0.2, 0.25) is 13.8 Å². The van der Waals surface area contributed by atoms with Crippen LogP contribution in [0.2, 0.25) is 0 Å². The minimum absolute atomic E-state index is 0.115. The summed E-state index contributed by atoms with van der Waals surface area (Å²) >= 11 is 0. The predicted molar refractivity (Wildman–Crippen MR) is 76.2 cm³/mol. The molecule has 2 radical (unpaired) electrons. The Morgan fingerprint density at radius 1 is 1.26 bits per heavy atom. The number of hydrogen-bond acceptors (Lipinski definition) is 3. The number of nitrogens with one attached hydrogen (secondary N) is 2. The molecule has 0 fully saturated rings. The first-order valence-corrected chi connectivity index (χ1v) is 6.51. The van der Waals surface area contributed by atoms with Crippen molar-refractivity contribution in [3.05, 3.63) is 0 Å². The van der Waals surface area contributed by atoms with Crippen LogP contribution < -0.4 is 10.6 Å². The minimum Gasteiger partial charge on any atom is -0.375 e. The smallest absolute Gasteiger partial charge is 0.239 e. The third kappa shape index (κ3) is 5.23. The van der Waals surface area contributed by atoms with Gasteiger partial charge in [-0.1, -0.05) is 13.8 Å². The lowest BCUT2D eigenvalue weighted by Crippen LogP contribution is -2.55. The van der Waals surface area contributed by atoms with Crippen LogP contribution in [0.5, 0.6) is 0 Å². The zero-order valence-electron chi connectivity index (χ0n) is 12.8. The fraction of sp³-hybridized carbons (Fsp3) is 0.846. The van der Waals surface area contributed by atoms with Crippen molar-refractivity contribution in [3.63, 3.8) is 0 Å². The molecule has 1 atom stereocenters. The quantitative estimate of drug-likeness (QED) is 0.682. The second-order valence-electron chi connectivity index (χ2n) is 5.67. The first-order chi connectivity index (χ1) is 8.54. The third-order valence-corrected chi connectivity index (χ3v) is 3.94. The molecule has 2 N–H and O–H groups in total. The number of carbonyl (C=O) groups is 2. The Kier molecular flexibility index (Phi) is 6.56. The Balaban J connectivity index is 4.58. The van der Waals surface area contributed by atoms with E-state index >= 15 is 0 Å². The summed E-state index contributed by atoms with van der Waals surface area (Å²) < 4.78 is 5.75. The van der Waals surface area contributed by atoms with Crippen molar-refractivity contribution < 1.29 is 14.3 Å². The molecule has 0 aliphatic heterocycles. The highest BCUT2D eigenvalue weighted by atomic mass is 16.5. The van der Waals surface area contributed by atoms with Crippen molar-refractivity contribution >= 4 is 19.6 Å². The van der Waals surface area contributed by atoms with E-state index in [-0.39, 0.29) is 29.5 Å². The lowest BCUT2D eigenvalue weighted by molar-refractivity contribution is -0.127. The van der Waals surface area contributed by atoms with Crippen LogP contribution in [0.1, 0.15) is 41.5 Å². The fourth-order valence-corrected chi connectivity index (χ4v) is 1.71. The van der Waals surface area contributed by atoms with Gasteiger partial charge in [-0.25, -0.2) is 0 Å². The second-order valence-corrected chi connectivity index (χ2v) is 5.67. The molecule has 0 saturated heterocycles. The first-order valence-electron chi connectivity index (χ1n) is 6.51. The molecule has 0 saturated carbocycles. The Labute approximate surface area is 117 Å². The van der Waals surface area contributed by atoms with Gasteiger partial charge in [0.15, 0.2) is 5.81 Å². The van der Waals surface area contributed by atoms with Gasteiger partial charge >= 0.3 is 0 Å². The van der Waals surface area contributed by atoms with E-state index in [0.717, 1.165) is 0 Å². The number of hydrogen-bond donors (Lipinski definition) is 2. The maximum Gasteiger partial charge on any atom is 0.239 e. The average molecular weight is 268 g/mol. The summed E-state index contributed by atoms with van der Waals surface area (Å²) in [7, 11) is 4.92. The summed E-state index contributed by atoms with van der Waals surface area (Å²) in [6.45, 7) is 12.4. The molecule has 2 amide bonds. The average Bonchev–Trinajstić information content (AvgIpc) is 2.25. The van der Waals surface area contributed by atoms with Gasteiger partial charge in [-0.05, 0) is 27.7 Å². The van der Waals surface area contributed by atoms with Crippen molar-refractivity contribution in [1.82, 2.24) is 10.6 Å². The third-order valence-electron chi connectivity index (χ3n) is 3.94. The number of ether oxygens (including phenoxy) is 1. The number of amides is 2. The maximum absolute atomic E-state index is 11.7. The maximum atomic E-state index is 11.7. The monoisotopic (exact) mass is 268 g/mol. The van der Waals surface area contributed by atoms with E-state index in [2.05, 4.69) is 10.6 Å². The van der Waals surface area contributed by atoms with Crippen molar-refractivity contribution in [2.45, 2.75) is 53.2 Å². The lowest BCUT2D eigenvalue weighted by Gasteiger charge is -2.45. The van der Waals surface area contributed by atoms with Gasteiger partial charge in [-0.3, -0.25) is 9.59 Å². The summed E-state index contributed by atoms with van der Waals surface area (Å²) in [4.78, 5) is 22.2. The Morgan fingerprint density at radius 3 is 2.21 bits per heavy atom. The summed E-state index contributed by atoms with van der Waals surface area (Å²) in [6.07, 6.45) is 0. The standard InChI is InChI=1S/C13H25BN2O3/c1-7-19-13(5,6)12(3,4)9(2)16-10(17)8-15-11(14)18/h9H,7-8H2,1-6H3,(H,15,18)(H,16,17). The van der Waals surface area contributed by atoms with Gasteiger partial charge < -0.3 is 15.4 Å². The van der Waals surface area contributed by atoms with Gasteiger partial charge in [0.1, 0.15) is 0 Å². The van der Waals surface area contributed by atoms with Crippen LogP contribution >= 0.6 is 0 Å². The molecule has 19 heavy (non-hydrogen) atoms. The Bertz CT molecular complexity index is 330. The van der Waals surface area contributed by atoms with E-state index in [0.29, 0.717) is 6.61 Å². The van der Waals surface area contributed by atoms with E-state index in [9.17, 15) is 9.59 Å². The zero-order chi connectivity index (χ0) is 15.3. The van der Waals surface area contributed by atoms with Crippen molar-refractivity contribution in [3.8, 4) is 0 Å².